The van der Waals surface area contributed by atoms with Crippen LogP contribution in [0.25, 0.3) is 22.0 Å². The first-order valence-corrected chi connectivity index (χ1v) is 9.31. The zero-order valence-electron chi connectivity index (χ0n) is 15.9. The highest BCUT2D eigenvalue weighted by atomic mass is 35.5. The van der Waals surface area contributed by atoms with Crippen LogP contribution in [-0.4, -0.2) is 17.5 Å². The van der Waals surface area contributed by atoms with Gasteiger partial charge in [0.05, 0.1) is 5.56 Å². The quantitative estimate of drug-likeness (QED) is 0.247. The first kappa shape index (κ1) is 20.2. The molecule has 0 aliphatic carbocycles. The highest BCUT2D eigenvalue weighted by molar-refractivity contribution is 6.30. The Bertz CT molecular complexity index is 1220. The first-order valence-electron chi connectivity index (χ1n) is 8.94. The van der Waals surface area contributed by atoms with E-state index in [4.69, 9.17) is 11.6 Å². The van der Waals surface area contributed by atoms with Crippen LogP contribution in [0.1, 0.15) is 17.3 Å². The third-order valence-electron chi connectivity index (χ3n) is 4.35. The normalized spacial score (nSPS) is 12.1. The SMILES string of the molecule is C=N\C=C/C=C(C)/C=C/C(=O)c1c(-c2ccc(Cl)cc2)c2ccccc2[nH]c1=O. The molecule has 0 aliphatic heterocycles. The zero-order chi connectivity index (χ0) is 20.8. The number of rotatable bonds is 6. The average Bonchev–Trinajstić information content (AvgIpc) is 2.72. The summed E-state index contributed by atoms with van der Waals surface area (Å²) in [6, 6.07) is 14.5. The van der Waals surface area contributed by atoms with E-state index in [1.807, 2.05) is 43.3 Å². The molecule has 0 saturated carbocycles. The van der Waals surface area contributed by atoms with Crippen molar-refractivity contribution in [3.63, 3.8) is 0 Å². The Kier molecular flexibility index (Phi) is 6.37. The van der Waals surface area contributed by atoms with Gasteiger partial charge in [0.2, 0.25) is 0 Å². The molecule has 3 rings (SSSR count). The van der Waals surface area contributed by atoms with E-state index in [1.54, 1.807) is 36.6 Å². The standard InChI is InChI=1S/C24H19ClN2O2/c1-16(6-5-15-26-2)9-14-21(28)23-22(17-10-12-18(25)13-11-17)19-7-3-4-8-20(19)27-24(23)29/h3-15H,2H2,1H3,(H,27,29)/b14-9+,15-5-,16-6+. The van der Waals surface area contributed by atoms with E-state index in [2.05, 4.69) is 16.7 Å². The van der Waals surface area contributed by atoms with E-state index in [0.29, 0.717) is 16.1 Å². The van der Waals surface area contributed by atoms with E-state index in [9.17, 15) is 9.59 Å². The van der Waals surface area contributed by atoms with Gasteiger partial charge in [-0.25, -0.2) is 0 Å². The molecule has 1 aromatic heterocycles. The number of carbonyl (C=O) groups excluding carboxylic acids is 1. The van der Waals surface area contributed by atoms with Crippen LogP contribution in [0.2, 0.25) is 5.02 Å². The number of allylic oxidation sites excluding steroid dienone is 5. The van der Waals surface area contributed by atoms with Gasteiger partial charge in [-0.05, 0) is 49.6 Å². The number of aliphatic imine (C=N–C) groups is 1. The van der Waals surface area contributed by atoms with Gasteiger partial charge in [0.25, 0.3) is 5.56 Å². The number of nitrogens with zero attached hydrogens (tertiary/aromatic N) is 1. The molecule has 0 spiro atoms. The number of aromatic nitrogens is 1. The van der Waals surface area contributed by atoms with Crippen LogP contribution in [0.4, 0.5) is 0 Å². The number of H-pyrrole nitrogens is 1. The monoisotopic (exact) mass is 402 g/mol. The molecule has 4 nitrogen and oxygen atoms in total. The van der Waals surface area contributed by atoms with Crippen molar-refractivity contribution in [1.29, 1.82) is 0 Å². The molecule has 0 saturated heterocycles. The zero-order valence-corrected chi connectivity index (χ0v) is 16.6. The maximum Gasteiger partial charge on any atom is 0.260 e. The number of nitrogens with one attached hydrogen (secondary N) is 1. The van der Waals surface area contributed by atoms with E-state index in [0.717, 1.165) is 16.5 Å². The second-order valence-electron chi connectivity index (χ2n) is 6.39. The van der Waals surface area contributed by atoms with Gasteiger partial charge in [-0.15, -0.1) is 0 Å². The molecule has 5 heteroatoms. The van der Waals surface area contributed by atoms with E-state index in [-0.39, 0.29) is 11.3 Å². The van der Waals surface area contributed by atoms with Crippen LogP contribution >= 0.6 is 11.6 Å². The molecule has 3 aromatic rings. The van der Waals surface area contributed by atoms with E-state index >= 15 is 0 Å². The van der Waals surface area contributed by atoms with Gasteiger partial charge in [-0.2, -0.15) is 0 Å². The molecular weight excluding hydrogens is 384 g/mol. The summed E-state index contributed by atoms with van der Waals surface area (Å²) in [4.78, 5) is 32.2. The van der Waals surface area contributed by atoms with Gasteiger partial charge in [-0.3, -0.25) is 14.6 Å². The summed E-state index contributed by atoms with van der Waals surface area (Å²) in [5, 5.41) is 1.37. The molecule has 0 aliphatic rings. The van der Waals surface area contributed by atoms with Crippen molar-refractivity contribution >= 4 is 35.0 Å². The minimum Gasteiger partial charge on any atom is -0.321 e. The summed E-state index contributed by atoms with van der Waals surface area (Å²) in [7, 11) is 0. The largest absolute Gasteiger partial charge is 0.321 e. The molecule has 0 radical (unpaired) electrons. The van der Waals surface area contributed by atoms with Crippen LogP contribution < -0.4 is 5.56 Å². The van der Waals surface area contributed by atoms with E-state index < -0.39 is 5.56 Å². The fourth-order valence-corrected chi connectivity index (χ4v) is 3.12. The lowest BCUT2D eigenvalue weighted by Gasteiger charge is -2.11. The Morgan fingerprint density at radius 1 is 1.10 bits per heavy atom. The number of carbonyl (C=O) groups is 1. The van der Waals surface area contributed by atoms with E-state index in [1.165, 1.54) is 6.08 Å². The molecule has 2 aromatic carbocycles. The van der Waals surface area contributed by atoms with Crippen LogP contribution in [0.15, 0.2) is 94.4 Å². The number of hydrogen-bond donors (Lipinski definition) is 1. The molecule has 0 unspecified atom stereocenters. The summed E-state index contributed by atoms with van der Waals surface area (Å²) in [5.41, 5.74) is 2.51. The van der Waals surface area contributed by atoms with Gasteiger partial charge < -0.3 is 4.98 Å². The fourth-order valence-electron chi connectivity index (χ4n) is 3.00. The summed E-state index contributed by atoms with van der Waals surface area (Å²) >= 11 is 6.02. The number of hydrogen-bond acceptors (Lipinski definition) is 3. The van der Waals surface area contributed by atoms with Gasteiger partial charge in [0, 0.05) is 27.7 Å². The second kappa shape index (κ2) is 9.13. The number of halogens is 1. The molecule has 1 heterocycles. The van der Waals surface area contributed by atoms with Gasteiger partial charge >= 0.3 is 0 Å². The number of aromatic amines is 1. The maximum absolute atomic E-state index is 13.0. The highest BCUT2D eigenvalue weighted by Gasteiger charge is 2.19. The molecule has 0 amide bonds. The third kappa shape index (κ3) is 4.68. The molecular formula is C24H19ClN2O2. The van der Waals surface area contributed by atoms with Crippen molar-refractivity contribution < 1.29 is 4.79 Å². The summed E-state index contributed by atoms with van der Waals surface area (Å²) < 4.78 is 0. The number of benzene rings is 2. The molecule has 144 valence electrons. The topological polar surface area (TPSA) is 62.3 Å². The van der Waals surface area contributed by atoms with Crippen molar-refractivity contribution in [3.8, 4) is 11.1 Å². The minimum absolute atomic E-state index is 0.0957. The van der Waals surface area contributed by atoms with Crippen LogP contribution in [-0.2, 0) is 0 Å². The second-order valence-corrected chi connectivity index (χ2v) is 6.83. The molecule has 0 atom stereocenters. The van der Waals surface area contributed by atoms with Crippen LogP contribution in [0, 0.1) is 0 Å². The first-order chi connectivity index (χ1) is 14.0. The predicted octanol–water partition coefficient (Wildman–Crippen LogP) is 5.75. The lowest BCUT2D eigenvalue weighted by molar-refractivity contribution is 0.104. The molecule has 0 fully saturated rings. The van der Waals surface area contributed by atoms with Crippen LogP contribution in [0.3, 0.4) is 0 Å². The van der Waals surface area contributed by atoms with Crippen molar-refractivity contribution in [2.24, 2.45) is 4.99 Å². The third-order valence-corrected chi connectivity index (χ3v) is 4.60. The van der Waals surface area contributed by atoms with Crippen molar-refractivity contribution in [2.45, 2.75) is 6.92 Å². The Labute approximate surface area is 173 Å². The average molecular weight is 403 g/mol. The number of fused-ring (bicyclic) bond motifs is 1. The van der Waals surface area contributed by atoms with Gasteiger partial charge in [-0.1, -0.05) is 59.7 Å². The lowest BCUT2D eigenvalue weighted by Crippen LogP contribution is -2.18. The number of para-hydroxylation sites is 1. The van der Waals surface area contributed by atoms with Crippen LogP contribution in [0.5, 0.6) is 0 Å². The Hall–Kier alpha value is -3.50. The summed E-state index contributed by atoms with van der Waals surface area (Å²) in [6.07, 6.45) is 8.13. The predicted molar refractivity (Wildman–Crippen MR) is 121 cm³/mol. The minimum atomic E-state index is -0.430. The molecule has 0 bridgehead atoms. The van der Waals surface area contributed by atoms with Gasteiger partial charge in [0.1, 0.15) is 0 Å². The van der Waals surface area contributed by atoms with Crippen molar-refractivity contribution in [2.75, 3.05) is 0 Å². The highest BCUT2D eigenvalue weighted by Crippen LogP contribution is 2.30. The Morgan fingerprint density at radius 2 is 1.83 bits per heavy atom. The summed E-state index contributed by atoms with van der Waals surface area (Å²) in [5.74, 6) is -0.375. The smallest absolute Gasteiger partial charge is 0.260 e. The summed E-state index contributed by atoms with van der Waals surface area (Å²) in [6.45, 7) is 5.21. The molecule has 29 heavy (non-hydrogen) atoms. The fraction of sp³-hybridized carbons (Fsp3) is 0.0417. The van der Waals surface area contributed by atoms with Gasteiger partial charge in [0.15, 0.2) is 5.78 Å². The van der Waals surface area contributed by atoms with Crippen molar-refractivity contribution in [1.82, 2.24) is 4.98 Å². The molecule has 1 N–H and O–H groups in total. The van der Waals surface area contributed by atoms with Crippen molar-refractivity contribution in [3.05, 3.63) is 106 Å². The Morgan fingerprint density at radius 3 is 2.55 bits per heavy atom. The number of pyridine rings is 1. The number of ketones is 1. The lowest BCUT2D eigenvalue weighted by atomic mass is 9.94. The Balaban J connectivity index is 2.16. The maximum atomic E-state index is 13.0.